The van der Waals surface area contributed by atoms with Gasteiger partial charge in [-0.1, -0.05) is 36.4 Å². The van der Waals surface area contributed by atoms with E-state index in [0.717, 1.165) is 6.08 Å². The second kappa shape index (κ2) is 6.03. The maximum atomic E-state index is 11.7. The van der Waals surface area contributed by atoms with Crippen molar-refractivity contribution in [1.82, 2.24) is 0 Å². The zero-order valence-electron chi connectivity index (χ0n) is 7.25. The predicted octanol–water partition coefficient (Wildman–Crippen LogP) is 0.0904. The monoisotopic (exact) mass is 210 g/mol. The van der Waals surface area contributed by atoms with E-state index in [0.29, 0.717) is 5.56 Å². The molecule has 5 heteroatoms. The molecule has 0 N–H and O–H groups in total. The molecule has 64 valence electrons. The van der Waals surface area contributed by atoms with Crippen molar-refractivity contribution >= 4 is 13.1 Å². The fourth-order valence-electron chi connectivity index (χ4n) is 0.784. The average molecular weight is 210 g/mol. The molecule has 0 radical (unpaired) electrons. The second-order valence-corrected chi connectivity index (χ2v) is 2.40. The van der Waals surface area contributed by atoms with Gasteiger partial charge in [0.05, 0.1) is 0 Å². The molecule has 1 aromatic rings. The number of hydrogen-bond donors (Lipinski definition) is 0. The van der Waals surface area contributed by atoms with Crippen LogP contribution in [-0.4, -0.2) is 6.98 Å². The molecule has 0 saturated carbocycles. The summed E-state index contributed by atoms with van der Waals surface area (Å²) < 4.78 is 35.2. The fraction of sp³-hybridized carbons (Fsp3) is 0. The van der Waals surface area contributed by atoms with E-state index >= 15 is 0 Å². The molecule has 1 aromatic carbocycles. The third-order valence-corrected chi connectivity index (χ3v) is 1.31. The summed E-state index contributed by atoms with van der Waals surface area (Å²) in [5.41, 5.74) is 0.566. The van der Waals surface area contributed by atoms with Crippen LogP contribution in [0.25, 0.3) is 6.08 Å². The minimum absolute atomic E-state index is 0. The van der Waals surface area contributed by atoms with E-state index in [1.165, 1.54) is 0 Å². The number of benzene rings is 1. The summed E-state index contributed by atoms with van der Waals surface area (Å²) in [6, 6.07) is 8.40. The van der Waals surface area contributed by atoms with Gasteiger partial charge in [0.2, 0.25) is 0 Å². The molecule has 1 rings (SSSR count). The van der Waals surface area contributed by atoms with Crippen molar-refractivity contribution in [2.24, 2.45) is 0 Å². The van der Waals surface area contributed by atoms with Crippen LogP contribution in [0, 0.1) is 0 Å². The van der Waals surface area contributed by atoms with Crippen molar-refractivity contribution in [3.8, 4) is 0 Å². The van der Waals surface area contributed by atoms with E-state index in [-0.39, 0.29) is 57.4 Å². The Hall–Kier alpha value is 0.451. The van der Waals surface area contributed by atoms with Gasteiger partial charge in [-0.15, -0.1) is 5.98 Å². The summed E-state index contributed by atoms with van der Waals surface area (Å²) in [6.07, 6.45) is 1.07. The maximum Gasteiger partial charge on any atom is 1.00 e. The third-order valence-electron chi connectivity index (χ3n) is 1.31. The first-order valence-corrected chi connectivity index (χ1v) is 3.52. The molecule has 0 amide bonds. The first kappa shape index (κ1) is 13.5. The third kappa shape index (κ3) is 6.51. The van der Waals surface area contributed by atoms with Gasteiger partial charge in [-0.3, -0.25) is 0 Å². The van der Waals surface area contributed by atoms with E-state index in [9.17, 15) is 12.9 Å². The molecule has 0 saturated heterocycles. The van der Waals surface area contributed by atoms with Crippen LogP contribution >= 0.6 is 0 Å². The zero-order chi connectivity index (χ0) is 9.03. The largest absolute Gasteiger partial charge is 1.00 e. The van der Waals surface area contributed by atoms with Crippen LogP contribution in [0.1, 0.15) is 5.56 Å². The van der Waals surface area contributed by atoms with Crippen LogP contribution in [0.5, 0.6) is 0 Å². The molecular weight excluding hydrogens is 203 g/mol. The van der Waals surface area contributed by atoms with Crippen molar-refractivity contribution in [3.63, 3.8) is 0 Å². The van der Waals surface area contributed by atoms with Gasteiger partial charge in [-0.2, -0.15) is 0 Å². The molecule has 0 heterocycles. The van der Waals surface area contributed by atoms with Gasteiger partial charge >= 0.3 is 58.4 Å². The molecule has 0 atom stereocenters. The van der Waals surface area contributed by atoms with Crippen molar-refractivity contribution in [3.05, 3.63) is 41.9 Å². The van der Waals surface area contributed by atoms with Gasteiger partial charge in [0.1, 0.15) is 0 Å². The Labute approximate surface area is 118 Å². The van der Waals surface area contributed by atoms with Gasteiger partial charge in [-0.25, -0.2) is 0 Å². The van der Waals surface area contributed by atoms with E-state index in [2.05, 4.69) is 0 Å². The van der Waals surface area contributed by atoms with Crippen molar-refractivity contribution in [1.29, 1.82) is 0 Å². The second-order valence-electron chi connectivity index (χ2n) is 2.40. The Kier molecular flexibility index (Phi) is 6.24. The first-order valence-electron chi connectivity index (χ1n) is 3.52. The molecular formula is C8H7BF3K. The fourth-order valence-corrected chi connectivity index (χ4v) is 0.784. The standard InChI is InChI=1S/C8H7BF3.K/c10-9(11,12)7-6-8-4-2-1-3-5-8;/h1-7H;/q-1;+1/b7-6+;. The Balaban J connectivity index is 0.00000144. The Morgan fingerprint density at radius 2 is 1.54 bits per heavy atom. The minimum atomic E-state index is -4.81. The van der Waals surface area contributed by atoms with Crippen LogP contribution in [0.4, 0.5) is 12.9 Å². The van der Waals surface area contributed by atoms with E-state index in [1.807, 2.05) is 0 Å². The summed E-state index contributed by atoms with van der Waals surface area (Å²) >= 11 is 0. The SMILES string of the molecule is F[B-](F)(F)/C=C/c1ccccc1.[K+]. The van der Waals surface area contributed by atoms with E-state index in [4.69, 9.17) is 0 Å². The molecule has 0 fully saturated rings. The zero-order valence-corrected chi connectivity index (χ0v) is 10.4. The molecule has 0 aliphatic rings. The van der Waals surface area contributed by atoms with Crippen molar-refractivity contribution in [2.45, 2.75) is 0 Å². The summed E-state index contributed by atoms with van der Waals surface area (Å²) in [7, 11) is 0. The van der Waals surface area contributed by atoms with Gasteiger partial charge < -0.3 is 12.9 Å². The molecule has 0 bridgehead atoms. The number of halogens is 3. The van der Waals surface area contributed by atoms with Crippen LogP contribution in [0.2, 0.25) is 0 Å². The Morgan fingerprint density at radius 3 is 2.00 bits per heavy atom. The molecule has 0 unspecified atom stereocenters. The van der Waals surface area contributed by atoms with Gasteiger partial charge in [0, 0.05) is 0 Å². The molecule has 0 aromatic heterocycles. The smallest absolute Gasteiger partial charge is 0.445 e. The van der Waals surface area contributed by atoms with Crippen LogP contribution in [-0.2, 0) is 0 Å². The molecule has 0 nitrogen and oxygen atoms in total. The summed E-state index contributed by atoms with van der Waals surface area (Å²) in [5, 5.41) is 0. The van der Waals surface area contributed by atoms with Crippen LogP contribution in [0.3, 0.4) is 0 Å². The topological polar surface area (TPSA) is 0 Å². The van der Waals surface area contributed by atoms with Crippen molar-refractivity contribution < 1.29 is 64.3 Å². The maximum absolute atomic E-state index is 11.7. The quantitative estimate of drug-likeness (QED) is 0.607. The van der Waals surface area contributed by atoms with E-state index < -0.39 is 6.98 Å². The minimum Gasteiger partial charge on any atom is -0.445 e. The number of hydrogen-bond acceptors (Lipinski definition) is 0. The van der Waals surface area contributed by atoms with Crippen molar-refractivity contribution in [2.75, 3.05) is 0 Å². The van der Waals surface area contributed by atoms with E-state index in [1.54, 1.807) is 30.3 Å². The van der Waals surface area contributed by atoms with Crippen LogP contribution < -0.4 is 51.4 Å². The Bertz CT molecular complexity index is 268. The Morgan fingerprint density at radius 1 is 1.00 bits per heavy atom. The first-order chi connectivity index (χ1) is 5.58. The molecule has 0 spiro atoms. The van der Waals surface area contributed by atoms with Gasteiger partial charge in [-0.05, 0) is 5.56 Å². The molecule has 0 aliphatic heterocycles. The van der Waals surface area contributed by atoms with Gasteiger partial charge in [0.25, 0.3) is 0 Å². The van der Waals surface area contributed by atoms with Gasteiger partial charge in [0.15, 0.2) is 0 Å². The summed E-state index contributed by atoms with van der Waals surface area (Å²) in [6.45, 7) is -4.81. The predicted molar refractivity (Wildman–Crippen MR) is 44.6 cm³/mol. The molecule has 13 heavy (non-hydrogen) atoms. The average Bonchev–Trinajstić information content (AvgIpc) is 2.02. The van der Waals surface area contributed by atoms with Crippen LogP contribution in [0.15, 0.2) is 36.3 Å². The summed E-state index contributed by atoms with van der Waals surface area (Å²) in [4.78, 5) is 0. The number of rotatable bonds is 2. The normalized spacial score (nSPS) is 11.3. The molecule has 0 aliphatic carbocycles. The summed E-state index contributed by atoms with van der Waals surface area (Å²) in [5.74, 6) is 0.287.